The van der Waals surface area contributed by atoms with Crippen LogP contribution in [-0.4, -0.2) is 32.1 Å². The van der Waals surface area contributed by atoms with Crippen molar-refractivity contribution in [2.75, 3.05) is 20.2 Å². The number of ether oxygens (including phenoxy) is 1. The predicted octanol–water partition coefficient (Wildman–Crippen LogP) is 1.74. The summed E-state index contributed by atoms with van der Waals surface area (Å²) in [6.07, 6.45) is 1.68. The Kier molecular flexibility index (Phi) is 4.65. The molecule has 1 aromatic carbocycles. The second kappa shape index (κ2) is 6.27. The lowest BCUT2D eigenvalue weighted by molar-refractivity contribution is -0.129. The highest BCUT2D eigenvalue weighted by atomic mass is 16.5. The topological polar surface area (TPSA) is 50.4 Å². The van der Waals surface area contributed by atoms with Crippen LogP contribution in [0, 0.1) is 5.41 Å². The van der Waals surface area contributed by atoms with Gasteiger partial charge in [0.15, 0.2) is 0 Å². The van der Waals surface area contributed by atoms with E-state index >= 15 is 0 Å². The molecule has 0 radical (unpaired) electrons. The van der Waals surface area contributed by atoms with Crippen molar-refractivity contribution < 1.29 is 9.53 Å². The van der Waals surface area contributed by atoms with E-state index < -0.39 is 0 Å². The highest BCUT2D eigenvalue weighted by Gasteiger charge is 2.36. The van der Waals surface area contributed by atoms with Crippen molar-refractivity contribution in [3.8, 4) is 5.75 Å². The third kappa shape index (κ3) is 3.31. The van der Waals surface area contributed by atoms with E-state index in [2.05, 4.69) is 10.6 Å². The highest BCUT2D eigenvalue weighted by molar-refractivity contribution is 5.83. The summed E-state index contributed by atoms with van der Waals surface area (Å²) in [5, 5.41) is 6.38. The molecule has 1 fully saturated rings. The Morgan fingerprint density at radius 3 is 2.90 bits per heavy atom. The summed E-state index contributed by atoms with van der Waals surface area (Å²) in [6.45, 7) is 5.75. The summed E-state index contributed by atoms with van der Waals surface area (Å²) in [5.74, 6) is 1.02. The van der Waals surface area contributed by atoms with Gasteiger partial charge in [-0.3, -0.25) is 4.79 Å². The number of rotatable bonds is 5. The maximum absolute atomic E-state index is 12.3. The molecule has 110 valence electrons. The first kappa shape index (κ1) is 14.9. The van der Waals surface area contributed by atoms with E-state index in [-0.39, 0.29) is 17.4 Å². The van der Waals surface area contributed by atoms with Crippen LogP contribution in [0.1, 0.15) is 25.8 Å². The minimum absolute atomic E-state index is 0.0937. The van der Waals surface area contributed by atoms with Gasteiger partial charge in [-0.1, -0.05) is 18.2 Å². The van der Waals surface area contributed by atoms with E-state index in [1.807, 2.05) is 38.1 Å². The van der Waals surface area contributed by atoms with E-state index in [9.17, 15) is 4.79 Å². The van der Waals surface area contributed by atoms with Crippen LogP contribution in [0.3, 0.4) is 0 Å². The third-order valence-corrected chi connectivity index (χ3v) is 4.01. The maximum Gasteiger partial charge on any atom is 0.227 e. The van der Waals surface area contributed by atoms with Gasteiger partial charge in [0.05, 0.1) is 12.5 Å². The van der Waals surface area contributed by atoms with Gasteiger partial charge < -0.3 is 15.4 Å². The first-order valence-electron chi connectivity index (χ1n) is 7.19. The fourth-order valence-electron chi connectivity index (χ4n) is 2.66. The van der Waals surface area contributed by atoms with Crippen LogP contribution < -0.4 is 15.4 Å². The Labute approximate surface area is 120 Å². The number of benzene rings is 1. The van der Waals surface area contributed by atoms with E-state index in [4.69, 9.17) is 4.74 Å². The number of methoxy groups -OCH3 is 1. The number of hydrogen-bond acceptors (Lipinski definition) is 3. The lowest BCUT2D eigenvalue weighted by Gasteiger charge is -2.25. The van der Waals surface area contributed by atoms with Gasteiger partial charge in [-0.05, 0) is 44.9 Å². The largest absolute Gasteiger partial charge is 0.496 e. The molecule has 1 aromatic rings. The van der Waals surface area contributed by atoms with Crippen molar-refractivity contribution in [2.45, 2.75) is 32.7 Å². The molecule has 1 aliphatic rings. The molecule has 2 rings (SSSR count). The predicted molar refractivity (Wildman–Crippen MR) is 79.9 cm³/mol. The van der Waals surface area contributed by atoms with E-state index in [0.717, 1.165) is 37.2 Å². The number of hydrogen-bond donors (Lipinski definition) is 2. The van der Waals surface area contributed by atoms with Gasteiger partial charge in [-0.15, -0.1) is 0 Å². The number of carbonyl (C=O) groups excluding carboxylic acids is 1. The molecule has 1 saturated heterocycles. The molecule has 0 aromatic heterocycles. The molecular formula is C16H24N2O2. The molecule has 1 amide bonds. The lowest BCUT2D eigenvalue weighted by Crippen LogP contribution is -2.45. The van der Waals surface area contributed by atoms with Crippen molar-refractivity contribution in [3.63, 3.8) is 0 Å². The molecule has 0 aliphatic carbocycles. The fourth-order valence-corrected chi connectivity index (χ4v) is 2.66. The first-order valence-corrected chi connectivity index (χ1v) is 7.19. The Morgan fingerprint density at radius 1 is 1.50 bits per heavy atom. The molecule has 0 spiro atoms. The van der Waals surface area contributed by atoms with Crippen molar-refractivity contribution >= 4 is 5.91 Å². The van der Waals surface area contributed by atoms with Crippen LogP contribution in [0.25, 0.3) is 0 Å². The average Bonchev–Trinajstić information content (AvgIpc) is 2.87. The molecule has 4 nitrogen and oxygen atoms in total. The Bertz CT molecular complexity index is 467. The number of amides is 1. The fraction of sp³-hybridized carbons (Fsp3) is 0.562. The highest BCUT2D eigenvalue weighted by Crippen LogP contribution is 2.25. The second-order valence-electron chi connectivity index (χ2n) is 5.88. The molecule has 0 saturated carbocycles. The summed E-state index contributed by atoms with van der Waals surface area (Å²) >= 11 is 0. The van der Waals surface area contributed by atoms with Gasteiger partial charge in [0.1, 0.15) is 5.75 Å². The van der Waals surface area contributed by atoms with Crippen LogP contribution in [-0.2, 0) is 11.2 Å². The zero-order valence-corrected chi connectivity index (χ0v) is 12.5. The monoisotopic (exact) mass is 276 g/mol. The smallest absolute Gasteiger partial charge is 0.227 e. The van der Waals surface area contributed by atoms with Crippen LogP contribution in [0.5, 0.6) is 5.75 Å². The maximum atomic E-state index is 12.3. The van der Waals surface area contributed by atoms with Crippen LogP contribution in [0.4, 0.5) is 0 Å². The summed E-state index contributed by atoms with van der Waals surface area (Å²) < 4.78 is 5.35. The second-order valence-corrected chi connectivity index (χ2v) is 5.88. The van der Waals surface area contributed by atoms with Crippen LogP contribution in [0.2, 0.25) is 0 Å². The molecule has 2 atom stereocenters. The Hall–Kier alpha value is -1.55. The van der Waals surface area contributed by atoms with Gasteiger partial charge in [0.2, 0.25) is 5.91 Å². The number of carbonyl (C=O) groups is 1. The summed E-state index contributed by atoms with van der Waals surface area (Å²) in [4.78, 5) is 12.3. The van der Waals surface area contributed by atoms with Crippen LogP contribution in [0.15, 0.2) is 24.3 Å². The Morgan fingerprint density at radius 2 is 2.25 bits per heavy atom. The zero-order valence-electron chi connectivity index (χ0n) is 12.5. The zero-order chi connectivity index (χ0) is 14.6. The number of nitrogens with one attached hydrogen (secondary N) is 2. The standard InChI is InChI=1S/C16H24N2O2/c1-12(10-13-6-4-5-7-14(13)20-3)18-15(19)16(2)8-9-17-11-16/h4-7,12,17H,8-11H2,1-3H3,(H,18,19). The molecule has 20 heavy (non-hydrogen) atoms. The van der Waals surface area contributed by atoms with Crippen molar-refractivity contribution in [3.05, 3.63) is 29.8 Å². The molecule has 1 aliphatic heterocycles. The molecular weight excluding hydrogens is 252 g/mol. The SMILES string of the molecule is COc1ccccc1CC(C)NC(=O)C1(C)CCNC1. The lowest BCUT2D eigenvalue weighted by atomic mass is 9.88. The van der Waals surface area contributed by atoms with Gasteiger partial charge in [-0.25, -0.2) is 0 Å². The normalized spacial score (nSPS) is 23.4. The minimum Gasteiger partial charge on any atom is -0.496 e. The van der Waals surface area contributed by atoms with Gasteiger partial charge in [-0.2, -0.15) is 0 Å². The van der Waals surface area contributed by atoms with Gasteiger partial charge in [0, 0.05) is 12.6 Å². The molecule has 4 heteroatoms. The molecule has 2 N–H and O–H groups in total. The van der Waals surface area contributed by atoms with E-state index in [1.54, 1.807) is 7.11 Å². The molecule has 1 heterocycles. The summed E-state index contributed by atoms with van der Waals surface area (Å²) in [6, 6.07) is 8.04. The van der Waals surface area contributed by atoms with E-state index in [1.165, 1.54) is 0 Å². The molecule has 0 bridgehead atoms. The third-order valence-electron chi connectivity index (χ3n) is 4.01. The van der Waals surface area contributed by atoms with Crippen LogP contribution >= 0.6 is 0 Å². The quantitative estimate of drug-likeness (QED) is 0.861. The average molecular weight is 276 g/mol. The number of para-hydroxylation sites is 1. The minimum atomic E-state index is -0.269. The van der Waals surface area contributed by atoms with Crippen molar-refractivity contribution in [2.24, 2.45) is 5.41 Å². The van der Waals surface area contributed by atoms with Crippen molar-refractivity contribution in [1.29, 1.82) is 0 Å². The van der Waals surface area contributed by atoms with Gasteiger partial charge >= 0.3 is 0 Å². The molecule has 2 unspecified atom stereocenters. The van der Waals surface area contributed by atoms with Gasteiger partial charge in [0.25, 0.3) is 0 Å². The van der Waals surface area contributed by atoms with E-state index in [0.29, 0.717) is 0 Å². The Balaban J connectivity index is 1.95. The summed E-state index contributed by atoms with van der Waals surface area (Å²) in [7, 11) is 1.67. The summed E-state index contributed by atoms with van der Waals surface area (Å²) in [5.41, 5.74) is 0.854. The van der Waals surface area contributed by atoms with Crippen molar-refractivity contribution in [1.82, 2.24) is 10.6 Å². The first-order chi connectivity index (χ1) is 9.55.